The van der Waals surface area contributed by atoms with Crippen LogP contribution < -0.4 is 0 Å². The fourth-order valence-corrected chi connectivity index (χ4v) is 0.885. The Morgan fingerprint density at radius 1 is 0.867 bits per heavy atom. The van der Waals surface area contributed by atoms with Crippen molar-refractivity contribution in [2.24, 2.45) is 0 Å². The predicted molar refractivity (Wildman–Crippen MR) is 58.0 cm³/mol. The maximum absolute atomic E-state index is 9.64. The first-order chi connectivity index (χ1) is 6.97. The van der Waals surface area contributed by atoms with Gasteiger partial charge in [0.1, 0.15) is 0 Å². The quantitative estimate of drug-likeness (QED) is 0.703. The topological polar surface area (TPSA) is 77.8 Å². The Kier molecular flexibility index (Phi) is 12.0. The zero-order valence-electron chi connectivity index (χ0n) is 9.69. The Morgan fingerprint density at radius 3 is 1.20 bits per heavy atom. The van der Waals surface area contributed by atoms with Gasteiger partial charge >= 0.3 is 11.9 Å². The summed E-state index contributed by atoms with van der Waals surface area (Å²) >= 11 is 0. The van der Waals surface area contributed by atoms with E-state index in [0.717, 1.165) is 0 Å². The molecule has 0 saturated heterocycles. The molecule has 0 atom stereocenters. The molecule has 0 radical (unpaired) electrons. The third-order valence-electron chi connectivity index (χ3n) is 1.89. The highest BCUT2D eigenvalue weighted by atomic mass is 16.4. The number of carboxylic acid groups (broad SMARTS) is 2. The Hall–Kier alpha value is -1.10. The third kappa shape index (κ3) is 15.6. The zero-order valence-corrected chi connectivity index (χ0v) is 9.69. The van der Waals surface area contributed by atoms with Gasteiger partial charge in [0.2, 0.25) is 0 Å². The molecule has 0 heterocycles. The number of carbonyl (C=O) groups is 2. The molecule has 15 heavy (non-hydrogen) atoms. The molecule has 0 aromatic heterocycles. The highest BCUT2D eigenvalue weighted by Gasteiger charge is 2.00. The SMILES string of the molecule is CCN(CC)CC.O=C(O)CCC(=O)O. The van der Waals surface area contributed by atoms with Crippen molar-refractivity contribution in [3.8, 4) is 0 Å². The fourth-order valence-electron chi connectivity index (χ4n) is 0.885. The number of rotatable bonds is 6. The summed E-state index contributed by atoms with van der Waals surface area (Å²) in [4.78, 5) is 21.7. The van der Waals surface area contributed by atoms with Crippen LogP contribution in [-0.4, -0.2) is 46.7 Å². The lowest BCUT2D eigenvalue weighted by Gasteiger charge is -2.13. The van der Waals surface area contributed by atoms with Crippen molar-refractivity contribution in [1.29, 1.82) is 0 Å². The van der Waals surface area contributed by atoms with Gasteiger partial charge in [0.25, 0.3) is 0 Å². The summed E-state index contributed by atoms with van der Waals surface area (Å²) in [5.74, 6) is -2.15. The first-order valence-electron chi connectivity index (χ1n) is 5.13. The molecule has 0 spiro atoms. The fraction of sp³-hybridized carbons (Fsp3) is 0.800. The minimum absolute atomic E-state index is 0.296. The van der Waals surface area contributed by atoms with Gasteiger partial charge in [0, 0.05) is 0 Å². The van der Waals surface area contributed by atoms with E-state index in [1.807, 2.05) is 0 Å². The van der Waals surface area contributed by atoms with Crippen LogP contribution in [0.3, 0.4) is 0 Å². The molecule has 90 valence electrons. The first-order valence-corrected chi connectivity index (χ1v) is 5.13. The average molecular weight is 219 g/mol. The van der Waals surface area contributed by atoms with Gasteiger partial charge in [-0.2, -0.15) is 0 Å². The Labute approximate surface area is 90.7 Å². The van der Waals surface area contributed by atoms with Crippen LogP contribution in [0.25, 0.3) is 0 Å². The van der Waals surface area contributed by atoms with Crippen molar-refractivity contribution < 1.29 is 19.8 Å². The van der Waals surface area contributed by atoms with Crippen molar-refractivity contribution in [3.05, 3.63) is 0 Å². The second kappa shape index (κ2) is 11.0. The molecule has 0 saturated carbocycles. The number of aliphatic carboxylic acids is 2. The molecule has 2 N–H and O–H groups in total. The van der Waals surface area contributed by atoms with Crippen LogP contribution in [0.15, 0.2) is 0 Å². The predicted octanol–water partition coefficient (Wildman–Crippen LogP) is 1.28. The van der Waals surface area contributed by atoms with Crippen molar-refractivity contribution in [2.75, 3.05) is 19.6 Å². The van der Waals surface area contributed by atoms with Crippen LogP contribution in [0.1, 0.15) is 33.6 Å². The molecule has 0 aliphatic rings. The summed E-state index contributed by atoms with van der Waals surface area (Å²) < 4.78 is 0. The highest BCUT2D eigenvalue weighted by Crippen LogP contribution is 1.86. The number of carboxylic acids is 2. The number of hydrogen-bond acceptors (Lipinski definition) is 3. The second-order valence-electron chi connectivity index (χ2n) is 2.91. The van der Waals surface area contributed by atoms with Crippen LogP contribution in [-0.2, 0) is 9.59 Å². The molecule has 0 unspecified atom stereocenters. The highest BCUT2D eigenvalue weighted by molar-refractivity contribution is 5.75. The molecule has 5 nitrogen and oxygen atoms in total. The summed E-state index contributed by atoms with van der Waals surface area (Å²) in [6.07, 6.45) is -0.593. The monoisotopic (exact) mass is 219 g/mol. The Bertz CT molecular complexity index is 159. The summed E-state index contributed by atoms with van der Waals surface area (Å²) in [7, 11) is 0. The lowest BCUT2D eigenvalue weighted by molar-refractivity contribution is -0.143. The smallest absolute Gasteiger partial charge is 0.303 e. The lowest BCUT2D eigenvalue weighted by atomic mass is 10.3. The molecule has 0 bridgehead atoms. The minimum Gasteiger partial charge on any atom is -0.481 e. The van der Waals surface area contributed by atoms with Gasteiger partial charge in [0.15, 0.2) is 0 Å². The molecule has 0 aliphatic heterocycles. The van der Waals surface area contributed by atoms with Crippen molar-refractivity contribution >= 4 is 11.9 Å². The van der Waals surface area contributed by atoms with Crippen LogP contribution in [0.4, 0.5) is 0 Å². The van der Waals surface area contributed by atoms with Crippen molar-refractivity contribution in [2.45, 2.75) is 33.6 Å². The molecule has 0 amide bonds. The van der Waals surface area contributed by atoms with Gasteiger partial charge in [-0.15, -0.1) is 0 Å². The van der Waals surface area contributed by atoms with E-state index in [0.29, 0.717) is 0 Å². The van der Waals surface area contributed by atoms with Gasteiger partial charge in [-0.1, -0.05) is 20.8 Å². The van der Waals surface area contributed by atoms with Gasteiger partial charge in [-0.3, -0.25) is 9.59 Å². The summed E-state index contributed by atoms with van der Waals surface area (Å²) in [6, 6.07) is 0. The first kappa shape index (κ1) is 16.3. The van der Waals surface area contributed by atoms with Crippen LogP contribution in [0.5, 0.6) is 0 Å². The summed E-state index contributed by atoms with van der Waals surface area (Å²) in [5, 5.41) is 15.8. The van der Waals surface area contributed by atoms with Gasteiger partial charge in [0.05, 0.1) is 12.8 Å². The maximum atomic E-state index is 9.64. The van der Waals surface area contributed by atoms with Gasteiger partial charge in [-0.25, -0.2) is 0 Å². The number of nitrogens with zero attached hydrogens (tertiary/aromatic N) is 1. The van der Waals surface area contributed by atoms with E-state index < -0.39 is 11.9 Å². The van der Waals surface area contributed by atoms with E-state index in [1.165, 1.54) is 19.6 Å². The van der Waals surface area contributed by atoms with E-state index in [2.05, 4.69) is 25.7 Å². The van der Waals surface area contributed by atoms with Gasteiger partial charge in [-0.05, 0) is 19.6 Å². The molecule has 0 rings (SSSR count). The van der Waals surface area contributed by atoms with Crippen LogP contribution >= 0.6 is 0 Å². The Morgan fingerprint density at radius 2 is 1.13 bits per heavy atom. The molecule has 0 aliphatic carbocycles. The van der Waals surface area contributed by atoms with E-state index in [9.17, 15) is 9.59 Å². The van der Waals surface area contributed by atoms with E-state index in [-0.39, 0.29) is 12.8 Å². The summed E-state index contributed by atoms with van der Waals surface area (Å²) in [5.41, 5.74) is 0. The normalized spacial score (nSPS) is 9.33. The van der Waals surface area contributed by atoms with E-state index in [4.69, 9.17) is 10.2 Å². The van der Waals surface area contributed by atoms with Gasteiger partial charge < -0.3 is 15.1 Å². The average Bonchev–Trinajstić information content (AvgIpc) is 2.18. The standard InChI is InChI=1S/C6H15N.C4H6O4/c1-4-7(5-2)6-3;5-3(6)1-2-4(7)8/h4-6H2,1-3H3;1-2H2,(H,5,6)(H,7,8). The van der Waals surface area contributed by atoms with Crippen molar-refractivity contribution in [1.82, 2.24) is 4.90 Å². The van der Waals surface area contributed by atoms with Crippen LogP contribution in [0, 0.1) is 0 Å². The molecule has 0 aromatic carbocycles. The second-order valence-corrected chi connectivity index (χ2v) is 2.91. The lowest BCUT2D eigenvalue weighted by Crippen LogP contribution is -2.21. The summed E-state index contributed by atoms with van der Waals surface area (Å²) in [6.45, 7) is 10.1. The molecule has 0 aromatic rings. The van der Waals surface area contributed by atoms with Crippen LogP contribution in [0.2, 0.25) is 0 Å². The largest absolute Gasteiger partial charge is 0.481 e. The molecular formula is C10H21NO4. The molecule has 0 fully saturated rings. The number of hydrogen-bond donors (Lipinski definition) is 2. The van der Waals surface area contributed by atoms with Crippen molar-refractivity contribution in [3.63, 3.8) is 0 Å². The zero-order chi connectivity index (χ0) is 12.3. The maximum Gasteiger partial charge on any atom is 0.303 e. The Balaban J connectivity index is 0. The molecular weight excluding hydrogens is 198 g/mol. The minimum atomic E-state index is -1.08. The molecule has 5 heteroatoms. The van der Waals surface area contributed by atoms with E-state index >= 15 is 0 Å². The van der Waals surface area contributed by atoms with E-state index in [1.54, 1.807) is 0 Å². The third-order valence-corrected chi connectivity index (χ3v) is 1.89.